The van der Waals surface area contributed by atoms with Crippen LogP contribution < -0.4 is 0 Å². The molecular formula is C22H35NO2. The molecule has 1 saturated heterocycles. The van der Waals surface area contributed by atoms with Gasteiger partial charge in [0.2, 0.25) is 5.91 Å². The van der Waals surface area contributed by atoms with Crippen LogP contribution in [0.25, 0.3) is 0 Å². The first-order chi connectivity index (χ1) is 11.8. The first-order valence-electron chi connectivity index (χ1n) is 10.4. The number of nitrogens with zero attached hydrogens (tertiary/aromatic N) is 1. The van der Waals surface area contributed by atoms with Gasteiger partial charge in [0.25, 0.3) is 0 Å². The largest absolute Gasteiger partial charge is 0.389 e. The number of carbonyl (C=O) groups is 1. The number of rotatable bonds is 2. The van der Waals surface area contributed by atoms with E-state index in [0.29, 0.717) is 23.8 Å². The fourth-order valence-electron chi connectivity index (χ4n) is 7.83. The van der Waals surface area contributed by atoms with Crippen LogP contribution in [-0.4, -0.2) is 34.6 Å². The number of hydrogen-bond acceptors (Lipinski definition) is 2. The predicted molar refractivity (Wildman–Crippen MR) is 99.9 cm³/mol. The van der Waals surface area contributed by atoms with E-state index in [1.807, 2.05) is 13.1 Å². The third-order valence-electron chi connectivity index (χ3n) is 9.36. The van der Waals surface area contributed by atoms with Crippen molar-refractivity contribution in [2.24, 2.45) is 28.6 Å². The van der Waals surface area contributed by atoms with Crippen LogP contribution in [0.3, 0.4) is 0 Å². The predicted octanol–water partition coefficient (Wildman–Crippen LogP) is 4.16. The highest BCUT2D eigenvalue weighted by Gasteiger charge is 2.64. The normalized spacial score (nSPS) is 52.3. The van der Waals surface area contributed by atoms with Crippen molar-refractivity contribution in [2.75, 3.05) is 7.05 Å². The molecule has 3 heteroatoms. The second kappa shape index (κ2) is 5.58. The molecule has 1 N–H and O–H groups in total. The molecule has 0 aromatic rings. The fourth-order valence-corrected chi connectivity index (χ4v) is 7.83. The Morgan fingerprint density at radius 1 is 1.16 bits per heavy atom. The van der Waals surface area contributed by atoms with Crippen LogP contribution >= 0.6 is 0 Å². The average molecular weight is 346 g/mol. The molecule has 0 unspecified atom stereocenters. The van der Waals surface area contributed by atoms with E-state index in [4.69, 9.17) is 0 Å². The highest BCUT2D eigenvalue weighted by molar-refractivity contribution is 5.77. The molecule has 1 heterocycles. The van der Waals surface area contributed by atoms with Crippen molar-refractivity contribution in [1.82, 2.24) is 4.90 Å². The topological polar surface area (TPSA) is 40.5 Å². The van der Waals surface area contributed by atoms with Gasteiger partial charge in [-0.3, -0.25) is 4.79 Å². The van der Waals surface area contributed by atoms with Gasteiger partial charge in [0.1, 0.15) is 0 Å². The third kappa shape index (κ3) is 2.17. The molecule has 140 valence electrons. The monoisotopic (exact) mass is 345 g/mol. The maximum atomic E-state index is 12.2. The van der Waals surface area contributed by atoms with E-state index >= 15 is 0 Å². The zero-order valence-electron chi connectivity index (χ0n) is 16.3. The molecule has 0 aromatic carbocycles. The fraction of sp³-hybridized carbons (Fsp3) is 0.864. The quantitative estimate of drug-likeness (QED) is 0.764. The highest BCUT2D eigenvalue weighted by atomic mass is 16.3. The van der Waals surface area contributed by atoms with Gasteiger partial charge in [-0.2, -0.15) is 0 Å². The maximum Gasteiger partial charge on any atom is 0.222 e. The van der Waals surface area contributed by atoms with Crippen LogP contribution in [0, 0.1) is 28.6 Å². The molecule has 1 aliphatic heterocycles. The summed E-state index contributed by atoms with van der Waals surface area (Å²) >= 11 is 0. The van der Waals surface area contributed by atoms with Gasteiger partial charge in [-0.15, -0.1) is 6.58 Å². The molecule has 4 rings (SSSR count). The van der Waals surface area contributed by atoms with Crippen molar-refractivity contribution in [1.29, 1.82) is 0 Å². The molecule has 0 bridgehead atoms. The van der Waals surface area contributed by atoms with Gasteiger partial charge in [0.05, 0.1) is 5.60 Å². The van der Waals surface area contributed by atoms with Gasteiger partial charge in [-0.25, -0.2) is 0 Å². The van der Waals surface area contributed by atoms with Gasteiger partial charge in [0, 0.05) is 19.5 Å². The Labute approximate surface area is 152 Å². The Kier molecular flexibility index (Phi) is 3.92. The van der Waals surface area contributed by atoms with E-state index in [-0.39, 0.29) is 10.8 Å². The molecule has 0 aromatic heterocycles. The summed E-state index contributed by atoms with van der Waals surface area (Å²) < 4.78 is 0. The first-order valence-corrected chi connectivity index (χ1v) is 10.4. The maximum absolute atomic E-state index is 12.2. The van der Waals surface area contributed by atoms with Crippen LogP contribution in [0.5, 0.6) is 0 Å². The summed E-state index contributed by atoms with van der Waals surface area (Å²) in [4.78, 5) is 14.3. The number of fused-ring (bicyclic) bond motifs is 5. The summed E-state index contributed by atoms with van der Waals surface area (Å²) in [6.45, 7) is 8.72. The molecule has 1 amide bonds. The second-order valence-electron chi connectivity index (χ2n) is 10.00. The number of hydrogen-bond donors (Lipinski definition) is 1. The summed E-state index contributed by atoms with van der Waals surface area (Å²) in [5.74, 6) is 2.41. The minimum atomic E-state index is -0.554. The van der Waals surface area contributed by atoms with E-state index in [1.165, 1.54) is 12.8 Å². The SMILES string of the molecule is C=CC[C@@]1(O)CC[C@H]2[C@@H]3CC[C@H]4N(C)C(=O)CC[C@]4(C)[C@H]3CC[C@@]21C. The van der Waals surface area contributed by atoms with Crippen LogP contribution in [-0.2, 0) is 4.79 Å². The van der Waals surface area contributed by atoms with Crippen LogP contribution in [0.15, 0.2) is 12.7 Å². The molecule has 25 heavy (non-hydrogen) atoms. The molecule has 0 radical (unpaired) electrons. The molecule has 0 spiro atoms. The Balaban J connectivity index is 1.64. The first kappa shape index (κ1) is 17.6. The minimum Gasteiger partial charge on any atom is -0.389 e. The van der Waals surface area contributed by atoms with Crippen LogP contribution in [0.1, 0.15) is 71.6 Å². The zero-order valence-corrected chi connectivity index (χ0v) is 16.3. The molecule has 3 nitrogen and oxygen atoms in total. The molecule has 7 atom stereocenters. The van der Waals surface area contributed by atoms with Crippen molar-refractivity contribution in [2.45, 2.75) is 83.3 Å². The minimum absolute atomic E-state index is 0.0436. The lowest BCUT2D eigenvalue weighted by Gasteiger charge is -2.62. The van der Waals surface area contributed by atoms with Gasteiger partial charge in [0.15, 0.2) is 0 Å². The Morgan fingerprint density at radius 3 is 2.60 bits per heavy atom. The lowest BCUT2D eigenvalue weighted by atomic mass is 9.46. The van der Waals surface area contributed by atoms with Crippen molar-refractivity contribution in [3.8, 4) is 0 Å². The summed E-state index contributed by atoms with van der Waals surface area (Å²) in [6.07, 6.45) is 11.2. The molecule has 3 aliphatic carbocycles. The van der Waals surface area contributed by atoms with Crippen LogP contribution in [0.2, 0.25) is 0 Å². The van der Waals surface area contributed by atoms with Gasteiger partial charge in [-0.1, -0.05) is 19.9 Å². The second-order valence-corrected chi connectivity index (χ2v) is 10.00. The smallest absolute Gasteiger partial charge is 0.222 e. The van der Waals surface area contributed by atoms with E-state index in [2.05, 4.69) is 25.3 Å². The van der Waals surface area contributed by atoms with Gasteiger partial charge in [-0.05, 0) is 80.0 Å². The highest BCUT2D eigenvalue weighted by Crippen LogP contribution is 2.67. The third-order valence-corrected chi connectivity index (χ3v) is 9.36. The molecule has 4 aliphatic rings. The van der Waals surface area contributed by atoms with Crippen LogP contribution in [0.4, 0.5) is 0 Å². The number of amides is 1. The summed E-state index contributed by atoms with van der Waals surface area (Å²) in [5.41, 5.74) is -0.241. The van der Waals surface area contributed by atoms with Gasteiger partial charge < -0.3 is 10.0 Å². The molecular weight excluding hydrogens is 310 g/mol. The van der Waals surface area contributed by atoms with E-state index in [0.717, 1.165) is 50.9 Å². The van der Waals surface area contributed by atoms with Gasteiger partial charge >= 0.3 is 0 Å². The lowest BCUT2D eigenvalue weighted by Crippen LogP contribution is -2.62. The summed E-state index contributed by atoms with van der Waals surface area (Å²) in [7, 11) is 2.02. The van der Waals surface area contributed by atoms with Crippen molar-refractivity contribution < 1.29 is 9.90 Å². The zero-order chi connectivity index (χ0) is 18.0. The Morgan fingerprint density at radius 2 is 1.88 bits per heavy atom. The van der Waals surface area contributed by atoms with Crippen molar-refractivity contribution >= 4 is 5.91 Å². The average Bonchev–Trinajstić information content (AvgIpc) is 2.83. The van der Waals surface area contributed by atoms with E-state index in [9.17, 15) is 9.90 Å². The van der Waals surface area contributed by atoms with E-state index in [1.54, 1.807) is 0 Å². The molecule has 3 saturated carbocycles. The standard InChI is InChI=1S/C22H35NO2/c1-5-11-22(25)14-9-17-15-6-7-18-20(2,12-10-19(24)23(18)4)16(15)8-13-21(17,22)3/h5,15-18,25H,1,6-14H2,2-4H3/t15-,16+,17+,18-,20-,21+,22-/m1/s1. The summed E-state index contributed by atoms with van der Waals surface area (Å²) in [5, 5.41) is 11.4. The molecule has 4 fully saturated rings. The number of aliphatic hydroxyl groups is 1. The van der Waals surface area contributed by atoms with Crippen molar-refractivity contribution in [3.63, 3.8) is 0 Å². The number of likely N-dealkylation sites (tertiary alicyclic amines) is 1. The van der Waals surface area contributed by atoms with E-state index < -0.39 is 5.60 Å². The Bertz CT molecular complexity index is 589. The Hall–Kier alpha value is -0.830. The van der Waals surface area contributed by atoms with Crippen molar-refractivity contribution in [3.05, 3.63) is 12.7 Å². The number of piperidine rings is 1. The summed E-state index contributed by atoms with van der Waals surface area (Å²) in [6, 6.07) is 0.424. The number of carbonyl (C=O) groups excluding carboxylic acids is 1. The lowest BCUT2D eigenvalue weighted by molar-refractivity contribution is -0.168.